The van der Waals surface area contributed by atoms with E-state index in [9.17, 15) is 4.79 Å². The van der Waals surface area contributed by atoms with Gasteiger partial charge in [-0.2, -0.15) is 0 Å². The van der Waals surface area contributed by atoms with Crippen LogP contribution < -0.4 is 0 Å². The summed E-state index contributed by atoms with van der Waals surface area (Å²) in [6.45, 7) is 0.813. The molecule has 0 aliphatic rings. The van der Waals surface area contributed by atoms with Gasteiger partial charge in [-0.25, -0.2) is 4.98 Å². The summed E-state index contributed by atoms with van der Waals surface area (Å²) in [7, 11) is 0. The van der Waals surface area contributed by atoms with Crippen molar-refractivity contribution in [3.8, 4) is 5.69 Å². The van der Waals surface area contributed by atoms with Crippen molar-refractivity contribution < 1.29 is 4.79 Å². The number of rotatable bonds is 6. The van der Waals surface area contributed by atoms with Gasteiger partial charge in [0, 0.05) is 22.8 Å². The van der Waals surface area contributed by atoms with Crippen LogP contribution >= 0.6 is 11.6 Å². The van der Waals surface area contributed by atoms with E-state index in [4.69, 9.17) is 16.6 Å². The van der Waals surface area contributed by atoms with Gasteiger partial charge in [-0.05, 0) is 48.0 Å². The van der Waals surface area contributed by atoms with Crippen LogP contribution in [0.5, 0.6) is 0 Å². The minimum Gasteiger partial charge on any atom is -0.327 e. The van der Waals surface area contributed by atoms with Crippen LogP contribution in [0.4, 0.5) is 0 Å². The zero-order chi connectivity index (χ0) is 22.6. The molecule has 0 unspecified atom stereocenters. The standard InChI is InChI=1S/C28H22ClN3O/c29-23-13-9-12-22(18-23)28(33)31(19-21-10-3-1-4-11-21)20-27-30-25-16-7-8-17-26(25)32(27)24-14-5-2-6-15-24/h1-18H,19-20H2. The van der Waals surface area contributed by atoms with Crippen molar-refractivity contribution in [2.45, 2.75) is 13.1 Å². The van der Waals surface area contributed by atoms with E-state index in [0.29, 0.717) is 23.7 Å². The average Bonchev–Trinajstić information content (AvgIpc) is 3.22. The van der Waals surface area contributed by atoms with Gasteiger partial charge in [-0.3, -0.25) is 9.36 Å². The number of halogens is 1. The summed E-state index contributed by atoms with van der Waals surface area (Å²) < 4.78 is 2.12. The Morgan fingerprint density at radius 3 is 2.24 bits per heavy atom. The summed E-state index contributed by atoms with van der Waals surface area (Å²) in [5, 5.41) is 0.539. The molecule has 5 rings (SSSR count). The molecule has 1 heterocycles. The van der Waals surface area contributed by atoms with Crippen molar-refractivity contribution >= 4 is 28.5 Å². The number of nitrogens with zero attached hydrogens (tertiary/aromatic N) is 3. The van der Waals surface area contributed by atoms with Gasteiger partial charge in [-0.1, -0.05) is 78.3 Å². The van der Waals surface area contributed by atoms with E-state index in [2.05, 4.69) is 22.8 Å². The van der Waals surface area contributed by atoms with Gasteiger partial charge in [0.2, 0.25) is 0 Å². The maximum atomic E-state index is 13.6. The highest BCUT2D eigenvalue weighted by Gasteiger charge is 2.21. The number of para-hydroxylation sites is 3. The van der Waals surface area contributed by atoms with E-state index in [0.717, 1.165) is 28.1 Å². The molecule has 162 valence electrons. The quantitative estimate of drug-likeness (QED) is 0.294. The third-order valence-corrected chi connectivity index (χ3v) is 5.79. The maximum Gasteiger partial charge on any atom is 0.254 e. The smallest absolute Gasteiger partial charge is 0.254 e. The molecule has 0 aliphatic heterocycles. The first-order valence-corrected chi connectivity index (χ1v) is 11.2. The van der Waals surface area contributed by atoms with Crippen LogP contribution in [0.25, 0.3) is 16.7 Å². The number of carbonyl (C=O) groups is 1. The number of carbonyl (C=O) groups excluding carboxylic acids is 1. The number of amides is 1. The molecular formula is C28H22ClN3O. The average molecular weight is 452 g/mol. The largest absolute Gasteiger partial charge is 0.327 e. The molecule has 0 saturated carbocycles. The molecule has 4 nitrogen and oxygen atoms in total. The SMILES string of the molecule is O=C(c1cccc(Cl)c1)N(Cc1ccccc1)Cc1nc2ccccc2n1-c1ccccc1. The van der Waals surface area contributed by atoms with Crippen molar-refractivity contribution in [2.24, 2.45) is 0 Å². The molecule has 5 heteroatoms. The van der Waals surface area contributed by atoms with Crippen LogP contribution in [-0.4, -0.2) is 20.4 Å². The first kappa shape index (κ1) is 21.0. The molecule has 0 aliphatic carbocycles. The Labute approximate surface area is 197 Å². The third-order valence-electron chi connectivity index (χ3n) is 5.55. The lowest BCUT2D eigenvalue weighted by Gasteiger charge is -2.23. The summed E-state index contributed by atoms with van der Waals surface area (Å²) in [6.07, 6.45) is 0. The molecule has 1 amide bonds. The van der Waals surface area contributed by atoms with Crippen LogP contribution in [0.3, 0.4) is 0 Å². The molecule has 0 fully saturated rings. The topological polar surface area (TPSA) is 38.1 Å². The Kier molecular flexibility index (Phi) is 5.92. The van der Waals surface area contributed by atoms with Gasteiger partial charge >= 0.3 is 0 Å². The lowest BCUT2D eigenvalue weighted by Crippen LogP contribution is -2.31. The van der Waals surface area contributed by atoms with E-state index < -0.39 is 0 Å². The van der Waals surface area contributed by atoms with Crippen molar-refractivity contribution in [3.05, 3.63) is 131 Å². The number of hydrogen-bond acceptors (Lipinski definition) is 2. The second kappa shape index (κ2) is 9.31. The first-order chi connectivity index (χ1) is 16.2. The number of benzene rings is 4. The lowest BCUT2D eigenvalue weighted by atomic mass is 10.1. The first-order valence-electron chi connectivity index (χ1n) is 10.8. The molecule has 4 aromatic carbocycles. The number of fused-ring (bicyclic) bond motifs is 1. The highest BCUT2D eigenvalue weighted by atomic mass is 35.5. The van der Waals surface area contributed by atoms with Crippen LogP contribution in [-0.2, 0) is 13.1 Å². The highest BCUT2D eigenvalue weighted by Crippen LogP contribution is 2.24. The van der Waals surface area contributed by atoms with Crippen molar-refractivity contribution in [1.29, 1.82) is 0 Å². The number of hydrogen-bond donors (Lipinski definition) is 0. The maximum absolute atomic E-state index is 13.6. The zero-order valence-corrected chi connectivity index (χ0v) is 18.7. The van der Waals surface area contributed by atoms with E-state index in [-0.39, 0.29) is 5.91 Å². The molecule has 0 N–H and O–H groups in total. The van der Waals surface area contributed by atoms with Gasteiger partial charge in [0.15, 0.2) is 0 Å². The Morgan fingerprint density at radius 2 is 1.48 bits per heavy atom. The van der Waals surface area contributed by atoms with Crippen LogP contribution in [0.1, 0.15) is 21.7 Å². The Morgan fingerprint density at radius 1 is 0.788 bits per heavy atom. The van der Waals surface area contributed by atoms with Gasteiger partial charge < -0.3 is 4.90 Å². The predicted molar refractivity (Wildman–Crippen MR) is 133 cm³/mol. The molecular weight excluding hydrogens is 430 g/mol. The van der Waals surface area contributed by atoms with Gasteiger partial charge in [0.25, 0.3) is 5.91 Å². The number of aromatic nitrogens is 2. The molecule has 0 spiro atoms. The summed E-state index contributed by atoms with van der Waals surface area (Å²) in [5.74, 6) is 0.710. The molecule has 1 aromatic heterocycles. The van der Waals surface area contributed by atoms with Gasteiger partial charge in [0.1, 0.15) is 5.82 Å². The van der Waals surface area contributed by atoms with Gasteiger partial charge in [0.05, 0.1) is 17.6 Å². The van der Waals surface area contributed by atoms with Crippen LogP contribution in [0, 0.1) is 0 Å². The monoisotopic (exact) mass is 451 g/mol. The molecule has 0 saturated heterocycles. The Balaban J connectivity index is 1.59. The minimum absolute atomic E-state index is 0.0898. The van der Waals surface area contributed by atoms with Crippen molar-refractivity contribution in [2.75, 3.05) is 0 Å². The van der Waals surface area contributed by atoms with Crippen molar-refractivity contribution in [1.82, 2.24) is 14.5 Å². The lowest BCUT2D eigenvalue weighted by molar-refractivity contribution is 0.0725. The van der Waals surface area contributed by atoms with E-state index in [1.807, 2.05) is 71.6 Å². The second-order valence-corrected chi connectivity index (χ2v) is 8.28. The predicted octanol–water partition coefficient (Wildman–Crippen LogP) is 6.52. The molecule has 0 bridgehead atoms. The third kappa shape index (κ3) is 4.52. The fourth-order valence-corrected chi connectivity index (χ4v) is 4.22. The number of imidazole rings is 1. The molecule has 0 radical (unpaired) electrons. The fourth-order valence-electron chi connectivity index (χ4n) is 4.03. The summed E-state index contributed by atoms with van der Waals surface area (Å²) in [5.41, 5.74) is 4.52. The Hall–Kier alpha value is -3.89. The Bertz CT molecular complexity index is 1400. The van der Waals surface area contributed by atoms with Crippen LogP contribution in [0.15, 0.2) is 109 Å². The second-order valence-electron chi connectivity index (χ2n) is 7.84. The molecule has 5 aromatic rings. The molecule has 0 atom stereocenters. The summed E-state index contributed by atoms with van der Waals surface area (Å²) in [6, 6.07) is 35.2. The van der Waals surface area contributed by atoms with E-state index in [1.165, 1.54) is 0 Å². The van der Waals surface area contributed by atoms with E-state index >= 15 is 0 Å². The normalized spacial score (nSPS) is 10.9. The fraction of sp³-hybridized carbons (Fsp3) is 0.0714. The van der Waals surface area contributed by atoms with E-state index in [1.54, 1.807) is 24.3 Å². The summed E-state index contributed by atoms with van der Waals surface area (Å²) in [4.78, 5) is 20.3. The minimum atomic E-state index is -0.0898. The summed E-state index contributed by atoms with van der Waals surface area (Å²) >= 11 is 6.19. The highest BCUT2D eigenvalue weighted by molar-refractivity contribution is 6.30. The van der Waals surface area contributed by atoms with Crippen molar-refractivity contribution in [3.63, 3.8) is 0 Å². The van der Waals surface area contributed by atoms with Gasteiger partial charge in [-0.15, -0.1) is 0 Å². The zero-order valence-electron chi connectivity index (χ0n) is 17.9. The van der Waals surface area contributed by atoms with Crippen LogP contribution in [0.2, 0.25) is 5.02 Å². The molecule has 33 heavy (non-hydrogen) atoms.